The van der Waals surface area contributed by atoms with Crippen LogP contribution < -0.4 is 0 Å². The Kier molecular flexibility index (Phi) is 2.67. The molecule has 0 amide bonds. The van der Waals surface area contributed by atoms with E-state index in [1.807, 2.05) is 0 Å². The van der Waals surface area contributed by atoms with E-state index in [1.54, 1.807) is 0 Å². The molecule has 0 saturated carbocycles. The topological polar surface area (TPSA) is 40.9 Å². The second-order valence-corrected chi connectivity index (χ2v) is 3.89. The van der Waals surface area contributed by atoms with Crippen molar-refractivity contribution in [3.63, 3.8) is 0 Å². The molecule has 5 heteroatoms. The van der Waals surface area contributed by atoms with Gasteiger partial charge >= 0.3 is 0 Å². The van der Waals surface area contributed by atoms with Crippen molar-refractivity contribution in [3.05, 3.63) is 20.1 Å². The second-order valence-electron chi connectivity index (χ2n) is 1.86. The fourth-order valence-corrected chi connectivity index (χ4v) is 1.84. The molecule has 0 unspecified atom stereocenters. The highest BCUT2D eigenvalue weighted by atomic mass is 79.9. The summed E-state index contributed by atoms with van der Waals surface area (Å²) in [5.74, 6) is -0.231. The maximum Gasteiger partial charge on any atom is 0.208 e. The Labute approximate surface area is 85.1 Å². The smallest absolute Gasteiger partial charge is 0.208 e. The fourth-order valence-electron chi connectivity index (χ4n) is 0.578. The maximum atomic E-state index is 11.1. The van der Waals surface area contributed by atoms with Crippen LogP contribution in [0, 0.1) is 5.41 Å². The molecule has 0 saturated heterocycles. The molecular formula is C6H2Br2ClNO. The van der Waals surface area contributed by atoms with Gasteiger partial charge in [0.15, 0.2) is 0 Å². The van der Waals surface area contributed by atoms with Crippen LogP contribution in [0.1, 0.15) is 0 Å². The molecule has 1 aliphatic rings. The summed E-state index contributed by atoms with van der Waals surface area (Å²) in [5.41, 5.74) is 0.130. The molecule has 1 aliphatic carbocycles. The van der Waals surface area contributed by atoms with Crippen molar-refractivity contribution in [1.82, 2.24) is 0 Å². The van der Waals surface area contributed by atoms with Gasteiger partial charge in [0.05, 0.1) is 19.7 Å². The van der Waals surface area contributed by atoms with E-state index in [9.17, 15) is 4.79 Å². The van der Waals surface area contributed by atoms with Crippen LogP contribution in [0.5, 0.6) is 0 Å². The first kappa shape index (κ1) is 9.16. The van der Waals surface area contributed by atoms with E-state index >= 15 is 0 Å². The van der Waals surface area contributed by atoms with E-state index < -0.39 is 0 Å². The normalized spacial score (nSPS) is 19.0. The SMILES string of the molecule is N=C1C=C(Br)C(=O)C(Br)=C1Cl. The monoisotopic (exact) mass is 297 g/mol. The predicted molar refractivity (Wildman–Crippen MR) is 51.5 cm³/mol. The van der Waals surface area contributed by atoms with Gasteiger partial charge in [0.1, 0.15) is 0 Å². The minimum Gasteiger partial charge on any atom is -0.299 e. The van der Waals surface area contributed by atoms with Gasteiger partial charge in [0.2, 0.25) is 5.78 Å². The van der Waals surface area contributed by atoms with Crippen LogP contribution >= 0.6 is 43.5 Å². The first-order valence-corrected chi connectivity index (χ1v) is 4.56. The highest BCUT2D eigenvalue weighted by Gasteiger charge is 2.21. The third kappa shape index (κ3) is 1.63. The standard InChI is InChI=1S/C6H2Br2ClNO/c7-2-1-3(10)5(9)4(8)6(2)11/h1,10H. The summed E-state index contributed by atoms with van der Waals surface area (Å²) < 4.78 is 0.581. The van der Waals surface area contributed by atoms with Gasteiger partial charge in [-0.05, 0) is 37.9 Å². The largest absolute Gasteiger partial charge is 0.299 e. The molecule has 0 aromatic rings. The average Bonchev–Trinajstić information content (AvgIpc) is 1.97. The number of allylic oxidation sites excluding steroid dienone is 4. The van der Waals surface area contributed by atoms with Gasteiger partial charge < -0.3 is 0 Å². The third-order valence-corrected chi connectivity index (χ3v) is 3.08. The number of hydrogen-bond donors (Lipinski definition) is 1. The summed E-state index contributed by atoms with van der Waals surface area (Å²) >= 11 is 11.6. The lowest BCUT2D eigenvalue weighted by atomic mass is 10.1. The lowest BCUT2D eigenvalue weighted by Gasteiger charge is -2.07. The molecule has 58 valence electrons. The third-order valence-electron chi connectivity index (χ3n) is 1.12. The number of carbonyl (C=O) groups is 1. The summed E-state index contributed by atoms with van der Waals surface area (Å²) in [6.07, 6.45) is 1.37. The first-order valence-electron chi connectivity index (χ1n) is 2.60. The first-order chi connectivity index (χ1) is 5.04. The van der Waals surface area contributed by atoms with Crippen LogP contribution in [0.4, 0.5) is 0 Å². The number of ketones is 1. The molecular weight excluding hydrogens is 297 g/mol. The summed E-state index contributed by atoms with van der Waals surface area (Å²) in [6, 6.07) is 0. The molecule has 11 heavy (non-hydrogen) atoms. The lowest BCUT2D eigenvalue weighted by molar-refractivity contribution is -0.110. The molecule has 1 rings (SSSR count). The summed E-state index contributed by atoms with van der Waals surface area (Å²) in [7, 11) is 0. The van der Waals surface area contributed by atoms with E-state index in [2.05, 4.69) is 31.9 Å². The maximum absolute atomic E-state index is 11.1. The lowest BCUT2D eigenvalue weighted by Crippen LogP contribution is -2.09. The van der Waals surface area contributed by atoms with Gasteiger partial charge in [-0.1, -0.05) is 11.6 Å². The Morgan fingerprint density at radius 2 is 2.00 bits per heavy atom. The van der Waals surface area contributed by atoms with Crippen molar-refractivity contribution >= 4 is 55.0 Å². The zero-order valence-corrected chi connectivity index (χ0v) is 9.05. The number of rotatable bonds is 0. The Morgan fingerprint density at radius 3 is 2.55 bits per heavy atom. The van der Waals surface area contributed by atoms with Crippen molar-refractivity contribution in [2.75, 3.05) is 0 Å². The molecule has 2 nitrogen and oxygen atoms in total. The van der Waals surface area contributed by atoms with Crippen LogP contribution in [0.15, 0.2) is 20.1 Å². The summed E-state index contributed by atoms with van der Waals surface area (Å²) in [5, 5.41) is 7.42. The van der Waals surface area contributed by atoms with Crippen LogP contribution in [0.3, 0.4) is 0 Å². The molecule has 0 atom stereocenters. The van der Waals surface area contributed by atoms with E-state index in [0.29, 0.717) is 4.48 Å². The molecule has 0 aromatic carbocycles. The predicted octanol–water partition coefficient (Wildman–Crippen LogP) is 2.71. The molecule has 0 aliphatic heterocycles. The van der Waals surface area contributed by atoms with E-state index in [0.717, 1.165) is 0 Å². The molecule has 0 spiro atoms. The quantitative estimate of drug-likeness (QED) is 0.687. The van der Waals surface area contributed by atoms with Gasteiger partial charge in [0, 0.05) is 0 Å². The number of halogens is 3. The van der Waals surface area contributed by atoms with Crippen molar-refractivity contribution in [2.45, 2.75) is 0 Å². The average molecular weight is 299 g/mol. The van der Waals surface area contributed by atoms with E-state index in [4.69, 9.17) is 17.0 Å². The van der Waals surface area contributed by atoms with Gasteiger partial charge in [-0.25, -0.2) is 0 Å². The summed E-state index contributed by atoms with van der Waals surface area (Å²) in [6.45, 7) is 0. The van der Waals surface area contributed by atoms with E-state index in [-0.39, 0.29) is 21.0 Å². The number of nitrogens with one attached hydrogen (secondary N) is 1. The Bertz CT molecular complexity index is 306. The molecule has 0 radical (unpaired) electrons. The molecule has 0 bridgehead atoms. The number of Topliss-reactive ketones (excluding diaryl/α,β-unsaturated/α-hetero) is 1. The van der Waals surface area contributed by atoms with Crippen molar-refractivity contribution in [3.8, 4) is 0 Å². The van der Waals surface area contributed by atoms with E-state index in [1.165, 1.54) is 6.08 Å². The minimum absolute atomic E-state index is 0.130. The molecule has 0 fully saturated rings. The highest BCUT2D eigenvalue weighted by molar-refractivity contribution is 9.13. The van der Waals surface area contributed by atoms with Gasteiger partial charge in [-0.15, -0.1) is 0 Å². The van der Waals surface area contributed by atoms with Crippen molar-refractivity contribution in [1.29, 1.82) is 5.41 Å². The zero-order valence-electron chi connectivity index (χ0n) is 5.12. The van der Waals surface area contributed by atoms with Crippen LogP contribution in [0.25, 0.3) is 0 Å². The molecule has 0 aromatic heterocycles. The Morgan fingerprint density at radius 1 is 1.45 bits per heavy atom. The van der Waals surface area contributed by atoms with Gasteiger partial charge in [0.25, 0.3) is 0 Å². The number of hydrogen-bond acceptors (Lipinski definition) is 2. The van der Waals surface area contributed by atoms with Crippen LogP contribution in [-0.2, 0) is 4.79 Å². The molecule has 0 heterocycles. The number of carbonyl (C=O) groups excluding carboxylic acids is 1. The van der Waals surface area contributed by atoms with Crippen LogP contribution in [-0.4, -0.2) is 11.5 Å². The Balaban J connectivity index is 3.19. The molecule has 1 N–H and O–H groups in total. The van der Waals surface area contributed by atoms with Crippen molar-refractivity contribution < 1.29 is 4.79 Å². The zero-order chi connectivity index (χ0) is 8.59. The minimum atomic E-state index is -0.231. The second kappa shape index (κ2) is 3.21. The Hall–Kier alpha value is 0.0700. The summed E-state index contributed by atoms with van der Waals surface area (Å²) in [4.78, 5) is 11.1. The highest BCUT2D eigenvalue weighted by Crippen LogP contribution is 2.28. The van der Waals surface area contributed by atoms with Crippen molar-refractivity contribution in [2.24, 2.45) is 0 Å². The van der Waals surface area contributed by atoms with Crippen LogP contribution in [0.2, 0.25) is 0 Å². The fraction of sp³-hybridized carbons (Fsp3) is 0. The van der Waals surface area contributed by atoms with Gasteiger partial charge in [-0.3, -0.25) is 10.2 Å². The van der Waals surface area contributed by atoms with Gasteiger partial charge in [-0.2, -0.15) is 0 Å².